The monoisotopic (exact) mass is 243 g/mol. The van der Waals surface area contributed by atoms with Crippen molar-refractivity contribution < 1.29 is 5.11 Å². The Bertz CT molecular complexity index is 450. The lowest BCUT2D eigenvalue weighted by molar-refractivity contribution is 0.153. The molecule has 1 N–H and O–H groups in total. The van der Waals surface area contributed by atoms with Gasteiger partial charge in [-0.05, 0) is 49.7 Å². The van der Waals surface area contributed by atoms with Crippen LogP contribution in [-0.2, 0) is 0 Å². The highest BCUT2D eigenvalue weighted by molar-refractivity contribution is 5.84. The summed E-state index contributed by atoms with van der Waals surface area (Å²) in [6, 6.07) is 6.36. The van der Waals surface area contributed by atoms with Gasteiger partial charge in [-0.25, -0.2) is 0 Å². The molecule has 1 aromatic rings. The van der Waals surface area contributed by atoms with Crippen LogP contribution in [0.25, 0.3) is 0 Å². The molecule has 0 radical (unpaired) electrons. The minimum absolute atomic E-state index is 0.378. The molecule has 1 aromatic carbocycles. The molecule has 2 atom stereocenters. The molecule has 0 heterocycles. The fourth-order valence-corrected chi connectivity index (χ4v) is 3.44. The highest BCUT2D eigenvalue weighted by atomic mass is 16.3. The average molecular weight is 243 g/mol. The normalized spacial score (nSPS) is 31.1. The van der Waals surface area contributed by atoms with Crippen LogP contribution in [0.1, 0.15) is 43.2 Å². The summed E-state index contributed by atoms with van der Waals surface area (Å²) in [7, 11) is 0. The molecule has 2 aliphatic carbocycles. The Balaban J connectivity index is 1.76. The summed E-state index contributed by atoms with van der Waals surface area (Å²) >= 11 is 0. The van der Waals surface area contributed by atoms with Crippen molar-refractivity contribution in [2.75, 3.05) is 0 Å². The standard InChI is InChI=1S/C16H21NO/c1-11-5-4-8-14(16(11)18)10-17-15-12-6-2-3-7-13(15)9-12/h4-5,8,10,12-13,15,18H,2-3,6-7,9H2,1H3. The minimum Gasteiger partial charge on any atom is -0.507 e. The van der Waals surface area contributed by atoms with Gasteiger partial charge in [-0.1, -0.05) is 25.0 Å². The number of phenolic OH excluding ortho intramolecular Hbond substituents is 1. The summed E-state index contributed by atoms with van der Waals surface area (Å²) in [6.07, 6.45) is 8.71. The van der Waals surface area contributed by atoms with E-state index in [-0.39, 0.29) is 0 Å². The Hall–Kier alpha value is -1.31. The fraction of sp³-hybridized carbons (Fsp3) is 0.562. The number of aliphatic imine (C=N–C) groups is 1. The van der Waals surface area contributed by atoms with E-state index in [2.05, 4.69) is 0 Å². The molecule has 2 aliphatic rings. The van der Waals surface area contributed by atoms with Gasteiger partial charge in [-0.15, -0.1) is 0 Å². The zero-order chi connectivity index (χ0) is 12.5. The van der Waals surface area contributed by atoms with Crippen LogP contribution in [0, 0.1) is 18.8 Å². The number of hydrogen-bond acceptors (Lipinski definition) is 2. The van der Waals surface area contributed by atoms with Crippen molar-refractivity contribution in [1.82, 2.24) is 0 Å². The molecule has 2 fully saturated rings. The van der Waals surface area contributed by atoms with Gasteiger partial charge in [0.15, 0.2) is 0 Å². The summed E-state index contributed by atoms with van der Waals surface area (Å²) < 4.78 is 0. The molecule has 0 aromatic heterocycles. The molecule has 2 unspecified atom stereocenters. The molecule has 2 saturated carbocycles. The van der Waals surface area contributed by atoms with Crippen molar-refractivity contribution >= 4 is 6.21 Å². The van der Waals surface area contributed by atoms with Gasteiger partial charge in [0.25, 0.3) is 0 Å². The highest BCUT2D eigenvalue weighted by Crippen LogP contribution is 2.45. The van der Waals surface area contributed by atoms with Crippen LogP contribution in [-0.4, -0.2) is 17.4 Å². The lowest BCUT2D eigenvalue weighted by Crippen LogP contribution is -2.38. The minimum atomic E-state index is 0.378. The second kappa shape index (κ2) is 4.75. The number of nitrogens with zero attached hydrogens (tertiary/aromatic N) is 1. The number of rotatable bonds is 2. The Morgan fingerprint density at radius 3 is 2.67 bits per heavy atom. The predicted molar refractivity (Wildman–Crippen MR) is 74.3 cm³/mol. The molecule has 0 spiro atoms. The average Bonchev–Trinajstić information content (AvgIpc) is 2.70. The van der Waals surface area contributed by atoms with Crippen molar-refractivity contribution in [3.8, 4) is 5.75 Å². The van der Waals surface area contributed by atoms with Crippen LogP contribution in [0.5, 0.6) is 5.75 Å². The van der Waals surface area contributed by atoms with Gasteiger partial charge in [0.2, 0.25) is 0 Å². The maximum atomic E-state index is 9.97. The van der Waals surface area contributed by atoms with Gasteiger partial charge >= 0.3 is 0 Å². The zero-order valence-electron chi connectivity index (χ0n) is 11.0. The van der Waals surface area contributed by atoms with Crippen LogP contribution in [0.15, 0.2) is 23.2 Å². The molecule has 0 amide bonds. The van der Waals surface area contributed by atoms with E-state index in [1.807, 2.05) is 31.3 Å². The summed E-state index contributed by atoms with van der Waals surface area (Å²) in [5.41, 5.74) is 1.78. The number of hydrogen-bond donors (Lipinski definition) is 1. The maximum Gasteiger partial charge on any atom is 0.127 e. The van der Waals surface area contributed by atoms with Crippen molar-refractivity contribution in [1.29, 1.82) is 0 Å². The van der Waals surface area contributed by atoms with Crippen molar-refractivity contribution in [3.05, 3.63) is 29.3 Å². The van der Waals surface area contributed by atoms with E-state index in [4.69, 9.17) is 4.99 Å². The first-order chi connectivity index (χ1) is 8.75. The Labute approximate surface area is 109 Å². The van der Waals surface area contributed by atoms with Crippen LogP contribution in [0.3, 0.4) is 0 Å². The topological polar surface area (TPSA) is 32.6 Å². The van der Waals surface area contributed by atoms with Gasteiger partial charge in [0.1, 0.15) is 5.75 Å². The van der Waals surface area contributed by atoms with Crippen LogP contribution in [0.4, 0.5) is 0 Å². The number of fused-ring (bicyclic) bond motifs is 2. The highest BCUT2D eigenvalue weighted by Gasteiger charge is 2.41. The molecule has 18 heavy (non-hydrogen) atoms. The molecule has 96 valence electrons. The first kappa shape index (κ1) is 11.8. The third-order valence-electron chi connectivity index (χ3n) is 4.63. The molecular weight excluding hydrogens is 222 g/mol. The third kappa shape index (κ3) is 2.05. The zero-order valence-corrected chi connectivity index (χ0v) is 11.0. The SMILES string of the molecule is Cc1cccc(C=NC2C3CCCCC2C3)c1O. The van der Waals surface area contributed by atoms with Gasteiger partial charge in [0.05, 0.1) is 6.04 Å². The summed E-state index contributed by atoms with van der Waals surface area (Å²) in [5, 5.41) is 9.97. The molecule has 2 nitrogen and oxygen atoms in total. The number of para-hydroxylation sites is 1. The van der Waals surface area contributed by atoms with E-state index in [1.165, 1.54) is 32.1 Å². The van der Waals surface area contributed by atoms with E-state index >= 15 is 0 Å². The van der Waals surface area contributed by atoms with Gasteiger partial charge in [-0.3, -0.25) is 4.99 Å². The van der Waals surface area contributed by atoms with Gasteiger partial charge in [-0.2, -0.15) is 0 Å². The Morgan fingerprint density at radius 1 is 1.22 bits per heavy atom. The van der Waals surface area contributed by atoms with Crippen LogP contribution < -0.4 is 0 Å². The molecule has 0 saturated heterocycles. The summed E-state index contributed by atoms with van der Waals surface area (Å²) in [4.78, 5) is 4.76. The Kier molecular flexibility index (Phi) is 3.11. The second-order valence-corrected chi connectivity index (χ2v) is 5.82. The van der Waals surface area contributed by atoms with Gasteiger partial charge < -0.3 is 5.11 Å². The Morgan fingerprint density at radius 2 is 1.94 bits per heavy atom. The van der Waals surface area contributed by atoms with Crippen LogP contribution >= 0.6 is 0 Å². The molecule has 2 heteroatoms. The van der Waals surface area contributed by atoms with E-state index < -0.39 is 0 Å². The third-order valence-corrected chi connectivity index (χ3v) is 4.63. The van der Waals surface area contributed by atoms with Gasteiger partial charge in [0, 0.05) is 11.8 Å². The quantitative estimate of drug-likeness (QED) is 0.789. The van der Waals surface area contributed by atoms with Crippen molar-refractivity contribution in [2.24, 2.45) is 16.8 Å². The van der Waals surface area contributed by atoms with E-state index in [9.17, 15) is 5.11 Å². The lowest BCUT2D eigenvalue weighted by atomic mass is 9.69. The van der Waals surface area contributed by atoms with E-state index in [0.29, 0.717) is 11.8 Å². The molecule has 2 bridgehead atoms. The largest absolute Gasteiger partial charge is 0.507 e. The summed E-state index contributed by atoms with van der Waals surface area (Å²) in [5.74, 6) is 1.99. The second-order valence-electron chi connectivity index (χ2n) is 5.82. The first-order valence-corrected chi connectivity index (χ1v) is 7.07. The fourth-order valence-electron chi connectivity index (χ4n) is 3.44. The molecular formula is C16H21NO. The van der Waals surface area contributed by atoms with E-state index in [1.54, 1.807) is 0 Å². The number of benzene rings is 1. The predicted octanol–water partition coefficient (Wildman–Crippen LogP) is 3.70. The van der Waals surface area contributed by atoms with Crippen molar-refractivity contribution in [2.45, 2.75) is 45.1 Å². The van der Waals surface area contributed by atoms with Crippen LogP contribution in [0.2, 0.25) is 0 Å². The van der Waals surface area contributed by atoms with E-state index in [0.717, 1.165) is 23.0 Å². The molecule has 3 rings (SSSR count). The smallest absolute Gasteiger partial charge is 0.127 e. The molecule has 0 aliphatic heterocycles. The number of aromatic hydroxyl groups is 1. The maximum absolute atomic E-state index is 9.97. The number of phenols is 1. The van der Waals surface area contributed by atoms with Crippen molar-refractivity contribution in [3.63, 3.8) is 0 Å². The summed E-state index contributed by atoms with van der Waals surface area (Å²) in [6.45, 7) is 1.93. The first-order valence-electron chi connectivity index (χ1n) is 7.07. The number of aryl methyl sites for hydroxylation is 1. The lowest BCUT2D eigenvalue weighted by Gasteiger charge is -2.40.